The summed E-state index contributed by atoms with van der Waals surface area (Å²) >= 11 is 0. The molecule has 0 bridgehead atoms. The van der Waals surface area contributed by atoms with E-state index in [2.05, 4.69) is 83.1 Å². The van der Waals surface area contributed by atoms with Gasteiger partial charge in [-0.05, 0) is 184 Å². The minimum absolute atomic E-state index is 0.249. The topological polar surface area (TPSA) is 27.7 Å². The summed E-state index contributed by atoms with van der Waals surface area (Å²) in [6, 6.07) is 0. The molecule has 1 unspecified atom stereocenters. The van der Waals surface area contributed by atoms with Crippen molar-refractivity contribution in [1.29, 1.82) is 0 Å². The van der Waals surface area contributed by atoms with Crippen LogP contribution < -0.4 is 0 Å². The molecule has 3 heteroatoms. The molecular formula is C51H90O3. The van der Waals surface area contributed by atoms with Crippen molar-refractivity contribution < 1.29 is 14.2 Å². The van der Waals surface area contributed by atoms with Crippen LogP contribution in [0, 0.1) is 68.0 Å². The molecule has 9 fully saturated rings. The smallest absolute Gasteiger partial charge is 0.0714 e. The first-order valence-corrected chi connectivity index (χ1v) is 24.3. The summed E-state index contributed by atoms with van der Waals surface area (Å²) in [4.78, 5) is 0. The standard InChI is InChI=1S/3C17H30O/c3*1-5-17-11-7-13-15(2,3)9-6-10-16(13,4)14(17)8-12-18-17/h3*13-14H,5-12H2,1-4H3/t13-,14-,16?,17+;13-,14-,16+,17+;13-,14-,16-,17+/m000/s1. The van der Waals surface area contributed by atoms with Crippen molar-refractivity contribution in [3.05, 3.63) is 0 Å². The summed E-state index contributed by atoms with van der Waals surface area (Å²) in [6.07, 6.45) is 28.7. The largest absolute Gasteiger partial charge is 0.375 e. The van der Waals surface area contributed by atoms with Crippen molar-refractivity contribution in [2.75, 3.05) is 19.8 Å². The van der Waals surface area contributed by atoms with Gasteiger partial charge >= 0.3 is 0 Å². The predicted molar refractivity (Wildman–Crippen MR) is 227 cm³/mol. The van der Waals surface area contributed by atoms with E-state index >= 15 is 0 Å². The lowest BCUT2D eigenvalue weighted by Gasteiger charge is -2.60. The predicted octanol–water partition coefficient (Wildman–Crippen LogP) is 14.4. The maximum absolute atomic E-state index is 6.28. The van der Waals surface area contributed by atoms with Gasteiger partial charge in [-0.15, -0.1) is 0 Å². The van der Waals surface area contributed by atoms with Crippen LogP contribution >= 0.6 is 0 Å². The summed E-state index contributed by atoms with van der Waals surface area (Å²) in [5.74, 6) is 5.25. The molecule has 54 heavy (non-hydrogen) atoms. The van der Waals surface area contributed by atoms with E-state index in [1.54, 1.807) is 0 Å². The molecule has 9 rings (SSSR count). The molecule has 0 aromatic heterocycles. The Hall–Kier alpha value is -0.120. The van der Waals surface area contributed by atoms with Crippen LogP contribution in [0.25, 0.3) is 0 Å². The third-order valence-corrected chi connectivity index (χ3v) is 20.9. The lowest BCUT2D eigenvalue weighted by atomic mass is 9.45. The van der Waals surface area contributed by atoms with E-state index in [1.807, 2.05) is 0 Å². The maximum atomic E-state index is 6.28. The molecule has 0 aromatic rings. The second-order valence-corrected chi connectivity index (χ2v) is 24.1. The first-order chi connectivity index (χ1) is 25.3. The zero-order valence-electron chi connectivity index (χ0n) is 38.2. The van der Waals surface area contributed by atoms with Crippen molar-refractivity contribution in [3.8, 4) is 0 Å². The minimum atomic E-state index is 0.249. The van der Waals surface area contributed by atoms with Crippen LogP contribution in [0.3, 0.4) is 0 Å². The Morgan fingerprint density at radius 2 is 0.593 bits per heavy atom. The number of fused-ring (bicyclic) bond motifs is 9. The van der Waals surface area contributed by atoms with E-state index in [0.717, 1.165) is 55.3 Å². The average Bonchev–Trinajstić information content (AvgIpc) is 3.87. The summed E-state index contributed by atoms with van der Waals surface area (Å²) in [5.41, 5.74) is 4.04. The van der Waals surface area contributed by atoms with E-state index in [9.17, 15) is 0 Å². The second kappa shape index (κ2) is 14.6. The molecule has 0 N–H and O–H groups in total. The summed E-state index contributed by atoms with van der Waals surface area (Å²) in [7, 11) is 0. The van der Waals surface area contributed by atoms with Gasteiger partial charge in [-0.2, -0.15) is 0 Å². The average molecular weight is 751 g/mol. The van der Waals surface area contributed by atoms with Gasteiger partial charge in [0.2, 0.25) is 0 Å². The van der Waals surface area contributed by atoms with Crippen LogP contribution in [0.15, 0.2) is 0 Å². The van der Waals surface area contributed by atoms with Crippen LogP contribution in [0.5, 0.6) is 0 Å². The number of hydrogen-bond acceptors (Lipinski definition) is 3. The molecule has 6 aliphatic carbocycles. The van der Waals surface area contributed by atoms with Crippen molar-refractivity contribution in [3.63, 3.8) is 0 Å². The fourth-order valence-corrected chi connectivity index (χ4v) is 18.4. The summed E-state index contributed by atoms with van der Waals surface area (Å²) < 4.78 is 18.8. The molecule has 3 heterocycles. The van der Waals surface area contributed by atoms with Gasteiger partial charge in [-0.3, -0.25) is 0 Å². The third-order valence-electron chi connectivity index (χ3n) is 20.9. The van der Waals surface area contributed by atoms with Crippen LogP contribution in [0.1, 0.15) is 218 Å². The Bertz CT molecular complexity index is 1160. The van der Waals surface area contributed by atoms with Crippen LogP contribution in [-0.2, 0) is 14.2 Å². The molecule has 9 aliphatic rings. The lowest BCUT2D eigenvalue weighted by Crippen LogP contribution is -2.56. The quantitative estimate of drug-likeness (QED) is 0.287. The molecule has 12 atom stereocenters. The van der Waals surface area contributed by atoms with Crippen molar-refractivity contribution >= 4 is 0 Å². The first kappa shape index (κ1) is 42.0. The fraction of sp³-hybridized carbons (Fsp3) is 1.00. The van der Waals surface area contributed by atoms with E-state index < -0.39 is 0 Å². The number of hydrogen-bond donors (Lipinski definition) is 0. The molecule has 0 aromatic carbocycles. The highest BCUT2D eigenvalue weighted by Crippen LogP contribution is 2.68. The van der Waals surface area contributed by atoms with Gasteiger partial charge in [-0.1, -0.05) is 102 Å². The van der Waals surface area contributed by atoms with Gasteiger partial charge in [0.25, 0.3) is 0 Å². The Morgan fingerprint density at radius 3 is 0.833 bits per heavy atom. The molecule has 6 saturated carbocycles. The van der Waals surface area contributed by atoms with Crippen LogP contribution in [0.2, 0.25) is 0 Å². The molecule has 3 aliphatic heterocycles. The molecule has 3 nitrogen and oxygen atoms in total. The van der Waals surface area contributed by atoms with Crippen molar-refractivity contribution in [1.82, 2.24) is 0 Å². The molecule has 0 radical (unpaired) electrons. The summed E-state index contributed by atoms with van der Waals surface area (Å²) in [5, 5.41) is 0. The first-order valence-electron chi connectivity index (χ1n) is 24.3. The maximum Gasteiger partial charge on any atom is 0.0714 e. The van der Waals surface area contributed by atoms with Crippen molar-refractivity contribution in [2.24, 2.45) is 68.0 Å². The molecule has 0 spiro atoms. The van der Waals surface area contributed by atoms with Gasteiger partial charge < -0.3 is 14.2 Å². The van der Waals surface area contributed by atoms with E-state index in [-0.39, 0.29) is 16.8 Å². The second-order valence-electron chi connectivity index (χ2n) is 24.1. The molecule has 0 amide bonds. The molecule has 3 saturated heterocycles. The zero-order chi connectivity index (χ0) is 39.1. The third kappa shape index (κ3) is 6.49. The van der Waals surface area contributed by atoms with Gasteiger partial charge in [0.05, 0.1) is 16.8 Å². The monoisotopic (exact) mass is 751 g/mol. The van der Waals surface area contributed by atoms with Gasteiger partial charge in [-0.25, -0.2) is 0 Å². The normalized spacial score (nSPS) is 50.7. The van der Waals surface area contributed by atoms with Gasteiger partial charge in [0.1, 0.15) is 0 Å². The zero-order valence-corrected chi connectivity index (χ0v) is 38.2. The highest BCUT2D eigenvalue weighted by atomic mass is 16.5. The van der Waals surface area contributed by atoms with E-state index in [4.69, 9.17) is 14.2 Å². The van der Waals surface area contributed by atoms with Crippen LogP contribution in [0.4, 0.5) is 0 Å². The van der Waals surface area contributed by atoms with Gasteiger partial charge in [0.15, 0.2) is 0 Å². The van der Waals surface area contributed by atoms with Crippen LogP contribution in [-0.4, -0.2) is 36.6 Å². The van der Waals surface area contributed by atoms with Gasteiger partial charge in [0, 0.05) is 19.8 Å². The highest BCUT2D eigenvalue weighted by Gasteiger charge is 2.64. The Morgan fingerprint density at radius 1 is 0.333 bits per heavy atom. The Labute approximate surface area is 335 Å². The fourth-order valence-electron chi connectivity index (χ4n) is 18.4. The molecular weight excluding hydrogens is 661 g/mol. The molecule has 312 valence electrons. The van der Waals surface area contributed by atoms with Crippen molar-refractivity contribution in [2.45, 2.75) is 235 Å². The lowest BCUT2D eigenvalue weighted by molar-refractivity contribution is -0.156. The minimum Gasteiger partial charge on any atom is -0.375 e. The Balaban J connectivity index is 0.000000125. The summed E-state index contributed by atoms with van der Waals surface area (Å²) in [6.45, 7) is 33.0. The number of rotatable bonds is 3. The Kier molecular flexibility index (Phi) is 11.3. The highest BCUT2D eigenvalue weighted by molar-refractivity contribution is 5.13. The number of ether oxygens (including phenoxy) is 3. The van der Waals surface area contributed by atoms with E-state index in [0.29, 0.717) is 32.5 Å². The SMILES string of the molecule is CC[C@@]12CC[C@H]3C(C)(C)CCCC3(C)[C@@H]1CCO2.CC[C@@]12CC[C@H]3C(C)(C)CCC[C@@]3(C)[C@@H]1CCO2.CC[C@@]12CC[C@H]3C(C)(C)CCC[C@]3(C)[C@@H]1CCO2. The van der Waals surface area contributed by atoms with E-state index in [1.165, 1.54) is 135 Å².